The summed E-state index contributed by atoms with van der Waals surface area (Å²) in [6.07, 6.45) is 3.73. The predicted octanol–water partition coefficient (Wildman–Crippen LogP) is 4.51. The standard InChI is InChI=1S/C21H17ClFN3OS/c1-24-19(20(27)25(2)21(24)28)10-13-11-26(18-9-4-3-6-14(13)18)12-15-16(22)7-5-8-17(15)23/h3-11H,12H2,1-2H3/b19-10-. The van der Waals surface area contributed by atoms with Crippen molar-refractivity contribution >= 4 is 51.8 Å². The van der Waals surface area contributed by atoms with Crippen LogP contribution in [0, 0.1) is 5.82 Å². The maximum atomic E-state index is 14.3. The third-order valence-corrected chi connectivity index (χ3v) is 5.86. The van der Waals surface area contributed by atoms with Crippen LogP contribution in [-0.2, 0) is 11.3 Å². The van der Waals surface area contributed by atoms with E-state index in [9.17, 15) is 9.18 Å². The lowest BCUT2D eigenvalue weighted by molar-refractivity contribution is -0.121. The minimum Gasteiger partial charge on any atom is -0.342 e. The quantitative estimate of drug-likeness (QED) is 0.467. The number of rotatable bonds is 3. The fourth-order valence-corrected chi connectivity index (χ4v) is 3.81. The lowest BCUT2D eigenvalue weighted by Gasteiger charge is -2.10. The van der Waals surface area contributed by atoms with Crippen molar-refractivity contribution in [2.75, 3.05) is 14.1 Å². The summed E-state index contributed by atoms with van der Waals surface area (Å²) in [5.74, 6) is -0.496. The van der Waals surface area contributed by atoms with Gasteiger partial charge in [-0.05, 0) is 36.5 Å². The van der Waals surface area contributed by atoms with Crippen molar-refractivity contribution in [3.63, 3.8) is 0 Å². The average Bonchev–Trinajstić information content (AvgIpc) is 3.12. The van der Waals surface area contributed by atoms with Crippen molar-refractivity contribution in [3.8, 4) is 0 Å². The molecule has 1 fully saturated rings. The lowest BCUT2D eigenvalue weighted by atomic mass is 10.1. The van der Waals surface area contributed by atoms with Gasteiger partial charge in [-0.25, -0.2) is 4.39 Å². The maximum absolute atomic E-state index is 14.3. The zero-order chi connectivity index (χ0) is 20.0. The van der Waals surface area contributed by atoms with Crippen LogP contribution in [0.5, 0.6) is 0 Å². The van der Waals surface area contributed by atoms with Gasteiger partial charge in [0.2, 0.25) is 0 Å². The average molecular weight is 414 g/mol. The fourth-order valence-electron chi connectivity index (χ4n) is 3.41. The van der Waals surface area contributed by atoms with E-state index in [1.165, 1.54) is 11.0 Å². The molecule has 0 aliphatic carbocycles. The SMILES string of the molecule is CN1C(=O)/C(=C/c2cn(Cc3c(F)cccc3Cl)c3ccccc23)N(C)C1=S. The molecule has 142 valence electrons. The van der Waals surface area contributed by atoms with Crippen LogP contribution in [0.1, 0.15) is 11.1 Å². The van der Waals surface area contributed by atoms with Crippen molar-refractivity contribution < 1.29 is 9.18 Å². The highest BCUT2D eigenvalue weighted by Crippen LogP contribution is 2.29. The molecule has 1 aliphatic rings. The molecule has 0 radical (unpaired) electrons. The summed E-state index contributed by atoms with van der Waals surface area (Å²) in [6, 6.07) is 12.5. The van der Waals surface area contributed by atoms with Gasteiger partial charge < -0.3 is 9.47 Å². The number of benzene rings is 2. The van der Waals surface area contributed by atoms with Crippen LogP contribution in [0.25, 0.3) is 17.0 Å². The van der Waals surface area contributed by atoms with Gasteiger partial charge in [0.05, 0.1) is 6.54 Å². The Morgan fingerprint density at radius 1 is 1.11 bits per heavy atom. The molecule has 3 aromatic rings. The van der Waals surface area contributed by atoms with Crippen molar-refractivity contribution in [2.24, 2.45) is 0 Å². The van der Waals surface area contributed by atoms with Crippen LogP contribution < -0.4 is 0 Å². The van der Waals surface area contributed by atoms with E-state index in [4.69, 9.17) is 23.8 Å². The molecule has 0 N–H and O–H groups in total. The number of hydrogen-bond donors (Lipinski definition) is 0. The van der Waals surface area contributed by atoms with Crippen LogP contribution in [0.2, 0.25) is 5.02 Å². The number of fused-ring (bicyclic) bond motifs is 1. The maximum Gasteiger partial charge on any atom is 0.276 e. The molecule has 4 nitrogen and oxygen atoms in total. The topological polar surface area (TPSA) is 28.5 Å². The van der Waals surface area contributed by atoms with Crippen LogP contribution in [0.15, 0.2) is 54.4 Å². The first-order chi connectivity index (χ1) is 13.4. The van der Waals surface area contributed by atoms with Crippen molar-refractivity contribution in [3.05, 3.63) is 76.3 Å². The number of amides is 1. The summed E-state index contributed by atoms with van der Waals surface area (Å²) in [4.78, 5) is 15.6. The van der Waals surface area contributed by atoms with Crippen LogP contribution in [-0.4, -0.2) is 39.5 Å². The number of thiocarbonyl (C=S) groups is 1. The predicted molar refractivity (Wildman–Crippen MR) is 114 cm³/mol. The van der Waals surface area contributed by atoms with E-state index in [0.29, 0.717) is 21.4 Å². The minimum absolute atomic E-state index is 0.151. The molecule has 0 unspecified atom stereocenters. The molecule has 1 amide bonds. The summed E-state index contributed by atoms with van der Waals surface area (Å²) in [5.41, 5.74) is 2.72. The van der Waals surface area contributed by atoms with E-state index in [2.05, 4.69) is 0 Å². The fraction of sp³-hybridized carbons (Fsp3) is 0.143. The molecule has 7 heteroatoms. The zero-order valence-electron chi connectivity index (χ0n) is 15.3. The summed E-state index contributed by atoms with van der Waals surface area (Å²) in [5, 5.41) is 1.80. The summed E-state index contributed by atoms with van der Waals surface area (Å²) in [6.45, 7) is 0.289. The van der Waals surface area contributed by atoms with E-state index in [0.717, 1.165) is 16.5 Å². The molecule has 0 bridgehead atoms. The molecule has 1 aliphatic heterocycles. The first kappa shape index (κ1) is 18.7. The number of para-hydroxylation sites is 1. The number of aromatic nitrogens is 1. The number of carbonyl (C=O) groups excluding carboxylic acids is 1. The Bertz CT molecular complexity index is 1130. The molecule has 4 rings (SSSR count). The van der Waals surface area contributed by atoms with Crippen molar-refractivity contribution in [2.45, 2.75) is 6.54 Å². The second kappa shape index (κ2) is 7.04. The van der Waals surface area contributed by atoms with Crippen LogP contribution in [0.4, 0.5) is 4.39 Å². The Balaban J connectivity index is 1.83. The normalized spacial score (nSPS) is 16.1. The van der Waals surface area contributed by atoms with Crippen LogP contribution >= 0.6 is 23.8 Å². The lowest BCUT2D eigenvalue weighted by Crippen LogP contribution is -2.26. The van der Waals surface area contributed by atoms with Gasteiger partial charge in [-0.2, -0.15) is 0 Å². The summed E-state index contributed by atoms with van der Waals surface area (Å²) in [7, 11) is 3.43. The highest BCUT2D eigenvalue weighted by molar-refractivity contribution is 7.80. The van der Waals surface area contributed by atoms with Gasteiger partial charge in [-0.3, -0.25) is 9.69 Å². The Hall–Kier alpha value is -2.70. The molecule has 1 aromatic heterocycles. The highest BCUT2D eigenvalue weighted by atomic mass is 35.5. The van der Waals surface area contributed by atoms with Gasteiger partial charge in [0, 0.05) is 47.3 Å². The first-order valence-electron chi connectivity index (χ1n) is 8.66. The van der Waals surface area contributed by atoms with Gasteiger partial charge in [-0.15, -0.1) is 0 Å². The zero-order valence-corrected chi connectivity index (χ0v) is 16.9. The van der Waals surface area contributed by atoms with Crippen molar-refractivity contribution in [1.29, 1.82) is 0 Å². The number of nitrogens with zero attached hydrogens (tertiary/aromatic N) is 3. The molecule has 1 saturated heterocycles. The van der Waals surface area contributed by atoms with Gasteiger partial charge >= 0.3 is 0 Å². The Morgan fingerprint density at radius 2 is 1.86 bits per heavy atom. The van der Waals surface area contributed by atoms with E-state index in [1.54, 1.807) is 31.1 Å². The van der Waals surface area contributed by atoms with Crippen molar-refractivity contribution in [1.82, 2.24) is 14.4 Å². The minimum atomic E-state index is -0.345. The molecule has 0 atom stereocenters. The molecule has 2 heterocycles. The van der Waals surface area contributed by atoms with Gasteiger partial charge in [0.1, 0.15) is 11.5 Å². The molecule has 28 heavy (non-hydrogen) atoms. The molecule has 0 spiro atoms. The Labute approximate surface area is 172 Å². The van der Waals surface area contributed by atoms with E-state index in [1.807, 2.05) is 41.1 Å². The number of hydrogen-bond acceptors (Lipinski definition) is 2. The second-order valence-corrected chi connectivity index (χ2v) is 7.44. The third-order valence-electron chi connectivity index (χ3n) is 4.96. The Kier molecular flexibility index (Phi) is 4.69. The third kappa shape index (κ3) is 2.99. The number of carbonyl (C=O) groups is 1. The first-order valence-corrected chi connectivity index (χ1v) is 9.45. The second-order valence-electron chi connectivity index (χ2n) is 6.67. The monoisotopic (exact) mass is 413 g/mol. The van der Waals surface area contributed by atoms with E-state index < -0.39 is 0 Å². The van der Waals surface area contributed by atoms with Gasteiger partial charge in [0.25, 0.3) is 5.91 Å². The molecular formula is C21H17ClFN3OS. The van der Waals surface area contributed by atoms with Gasteiger partial charge in [-0.1, -0.05) is 35.9 Å². The summed E-state index contributed by atoms with van der Waals surface area (Å²) >= 11 is 11.5. The molecular weight excluding hydrogens is 397 g/mol. The van der Waals surface area contributed by atoms with E-state index >= 15 is 0 Å². The van der Waals surface area contributed by atoms with Crippen LogP contribution in [0.3, 0.4) is 0 Å². The number of likely N-dealkylation sites (N-methyl/N-ethyl adjacent to an activating group) is 2. The highest BCUT2D eigenvalue weighted by Gasteiger charge is 2.33. The molecule has 0 saturated carbocycles. The largest absolute Gasteiger partial charge is 0.342 e. The smallest absolute Gasteiger partial charge is 0.276 e. The van der Waals surface area contributed by atoms with Gasteiger partial charge in [0.15, 0.2) is 5.11 Å². The van der Waals surface area contributed by atoms with E-state index in [-0.39, 0.29) is 18.3 Å². The number of halogens is 2. The summed E-state index contributed by atoms with van der Waals surface area (Å²) < 4.78 is 16.2. The molecule has 2 aromatic carbocycles. The Morgan fingerprint density at radius 3 is 2.54 bits per heavy atom.